The van der Waals surface area contributed by atoms with Crippen molar-refractivity contribution in [1.29, 1.82) is 0 Å². The molecule has 0 fully saturated rings. The Balaban J connectivity index is 2.39. The molecule has 2 heterocycles. The van der Waals surface area contributed by atoms with Crippen LogP contribution in [0.3, 0.4) is 0 Å². The Morgan fingerprint density at radius 2 is 2.16 bits per heavy atom. The Morgan fingerprint density at radius 1 is 1.32 bits per heavy atom. The van der Waals surface area contributed by atoms with Gasteiger partial charge < -0.3 is 10.8 Å². The molecule has 0 aliphatic rings. The molecule has 94 valence electrons. The number of anilines is 1. The fraction of sp³-hybridized carbons (Fsp3) is 0. The number of aromatic carboxylic acids is 1. The van der Waals surface area contributed by atoms with Crippen molar-refractivity contribution < 1.29 is 9.90 Å². The number of carbonyl (C=O) groups is 1. The van der Waals surface area contributed by atoms with Crippen molar-refractivity contribution in [1.82, 2.24) is 20.2 Å². The van der Waals surface area contributed by atoms with Gasteiger partial charge in [0.15, 0.2) is 5.65 Å². The quantitative estimate of drug-likeness (QED) is 0.594. The van der Waals surface area contributed by atoms with Crippen LogP contribution in [-0.4, -0.2) is 31.2 Å². The highest BCUT2D eigenvalue weighted by Crippen LogP contribution is 2.32. The lowest BCUT2D eigenvalue weighted by molar-refractivity contribution is 0.0697. The number of nitrogens with two attached hydrogens (primary N) is 1. The number of H-pyrrole nitrogens is 1. The van der Waals surface area contributed by atoms with Gasteiger partial charge in [-0.3, -0.25) is 5.10 Å². The molecular formula is C12H9N5O2. The summed E-state index contributed by atoms with van der Waals surface area (Å²) in [5.74, 6) is -1.06. The number of nitrogens with one attached hydrogen (secondary N) is 1. The summed E-state index contributed by atoms with van der Waals surface area (Å²) in [6, 6.07) is 4.72. The van der Waals surface area contributed by atoms with Crippen LogP contribution in [0.5, 0.6) is 0 Å². The number of aromatic amines is 1. The molecule has 4 N–H and O–H groups in total. The van der Waals surface area contributed by atoms with Gasteiger partial charge in [0.2, 0.25) is 0 Å². The first-order valence-corrected chi connectivity index (χ1v) is 5.44. The Morgan fingerprint density at radius 3 is 2.95 bits per heavy atom. The van der Waals surface area contributed by atoms with Crippen molar-refractivity contribution in [3.63, 3.8) is 0 Å². The number of hydrogen-bond donors (Lipinski definition) is 3. The van der Waals surface area contributed by atoms with E-state index in [1.807, 2.05) is 0 Å². The summed E-state index contributed by atoms with van der Waals surface area (Å²) in [6.07, 6.45) is 2.89. The third kappa shape index (κ3) is 1.68. The smallest absolute Gasteiger partial charge is 0.336 e. The zero-order valence-electron chi connectivity index (χ0n) is 9.66. The van der Waals surface area contributed by atoms with Crippen LogP contribution in [0.2, 0.25) is 0 Å². The molecule has 0 radical (unpaired) electrons. The molecule has 0 aliphatic carbocycles. The van der Waals surface area contributed by atoms with Gasteiger partial charge >= 0.3 is 5.97 Å². The van der Waals surface area contributed by atoms with Crippen LogP contribution in [0.1, 0.15) is 10.4 Å². The monoisotopic (exact) mass is 255 g/mol. The van der Waals surface area contributed by atoms with Gasteiger partial charge in [-0.15, -0.1) is 0 Å². The van der Waals surface area contributed by atoms with Gasteiger partial charge in [0.25, 0.3) is 0 Å². The highest BCUT2D eigenvalue weighted by Gasteiger charge is 2.18. The number of aromatic nitrogens is 4. The Labute approximate surface area is 107 Å². The molecule has 0 amide bonds. The maximum Gasteiger partial charge on any atom is 0.336 e. The molecule has 0 aliphatic heterocycles. The third-order valence-corrected chi connectivity index (χ3v) is 2.81. The Kier molecular flexibility index (Phi) is 2.38. The lowest BCUT2D eigenvalue weighted by Crippen LogP contribution is -2.04. The van der Waals surface area contributed by atoms with Crippen molar-refractivity contribution >= 4 is 22.7 Å². The normalized spacial score (nSPS) is 10.7. The second kappa shape index (κ2) is 4.05. The zero-order valence-corrected chi connectivity index (χ0v) is 9.66. The van der Waals surface area contributed by atoms with Gasteiger partial charge in [0.1, 0.15) is 6.33 Å². The average molecular weight is 255 g/mol. The molecular weight excluding hydrogens is 246 g/mol. The fourth-order valence-electron chi connectivity index (χ4n) is 1.98. The van der Waals surface area contributed by atoms with Gasteiger partial charge in [-0.25, -0.2) is 14.8 Å². The lowest BCUT2D eigenvalue weighted by atomic mass is 10.0. The van der Waals surface area contributed by atoms with E-state index in [0.717, 1.165) is 0 Å². The third-order valence-electron chi connectivity index (χ3n) is 2.81. The van der Waals surface area contributed by atoms with E-state index in [2.05, 4.69) is 20.2 Å². The van der Waals surface area contributed by atoms with Crippen LogP contribution in [0.15, 0.2) is 30.7 Å². The minimum atomic E-state index is -1.06. The summed E-state index contributed by atoms with van der Waals surface area (Å²) in [5, 5.41) is 16.5. The molecule has 19 heavy (non-hydrogen) atoms. The molecule has 0 unspecified atom stereocenters. The van der Waals surface area contributed by atoms with Gasteiger partial charge in [-0.2, -0.15) is 5.10 Å². The Hall–Kier alpha value is -2.96. The molecule has 0 saturated heterocycles. The fourth-order valence-corrected chi connectivity index (χ4v) is 1.98. The molecule has 2 aromatic heterocycles. The van der Waals surface area contributed by atoms with E-state index in [0.29, 0.717) is 28.0 Å². The molecule has 0 bridgehead atoms. The van der Waals surface area contributed by atoms with Crippen molar-refractivity contribution in [3.8, 4) is 11.3 Å². The molecule has 0 atom stereocenters. The topological polar surface area (TPSA) is 118 Å². The van der Waals surface area contributed by atoms with E-state index in [9.17, 15) is 9.90 Å². The number of benzene rings is 1. The number of rotatable bonds is 2. The van der Waals surface area contributed by atoms with Crippen LogP contribution < -0.4 is 5.73 Å². The van der Waals surface area contributed by atoms with E-state index < -0.39 is 5.97 Å². The van der Waals surface area contributed by atoms with Crippen LogP contribution in [0.4, 0.5) is 5.69 Å². The highest BCUT2D eigenvalue weighted by molar-refractivity contribution is 6.03. The first kappa shape index (κ1) is 11.1. The summed E-state index contributed by atoms with van der Waals surface area (Å²) in [6.45, 7) is 0. The van der Waals surface area contributed by atoms with Crippen LogP contribution in [-0.2, 0) is 0 Å². The van der Waals surface area contributed by atoms with Gasteiger partial charge in [0, 0.05) is 11.3 Å². The minimum Gasteiger partial charge on any atom is -0.478 e. The predicted molar refractivity (Wildman–Crippen MR) is 68.5 cm³/mol. The first-order valence-electron chi connectivity index (χ1n) is 5.44. The summed E-state index contributed by atoms with van der Waals surface area (Å²) in [5.41, 5.74) is 7.71. The number of hydrogen-bond acceptors (Lipinski definition) is 5. The van der Waals surface area contributed by atoms with Gasteiger partial charge in [-0.05, 0) is 12.1 Å². The molecule has 7 heteroatoms. The standard InChI is InChI=1S/C12H9N5O2/c13-8-3-1-2-6(12(18)19)9(8)10-7-4-16-17-11(7)15-5-14-10/h1-5H,13H2,(H,18,19)(H,14,15,16,17). The van der Waals surface area contributed by atoms with E-state index >= 15 is 0 Å². The molecule has 0 saturated carbocycles. The molecule has 0 spiro atoms. The summed E-state index contributed by atoms with van der Waals surface area (Å²) < 4.78 is 0. The lowest BCUT2D eigenvalue weighted by Gasteiger charge is -2.09. The van der Waals surface area contributed by atoms with E-state index in [-0.39, 0.29) is 5.56 Å². The Bertz CT molecular complexity index is 781. The first-order chi connectivity index (χ1) is 9.18. The largest absolute Gasteiger partial charge is 0.478 e. The number of carboxylic acid groups (broad SMARTS) is 1. The van der Waals surface area contributed by atoms with Crippen molar-refractivity contribution in [2.24, 2.45) is 0 Å². The number of nitrogen functional groups attached to an aromatic ring is 1. The van der Waals surface area contributed by atoms with Gasteiger partial charge in [0.05, 0.1) is 22.8 Å². The van der Waals surface area contributed by atoms with E-state index in [1.54, 1.807) is 18.3 Å². The maximum atomic E-state index is 11.3. The summed E-state index contributed by atoms with van der Waals surface area (Å²) in [4.78, 5) is 19.5. The zero-order chi connectivity index (χ0) is 13.4. The van der Waals surface area contributed by atoms with E-state index in [1.165, 1.54) is 12.4 Å². The molecule has 3 aromatic rings. The van der Waals surface area contributed by atoms with Crippen LogP contribution in [0.25, 0.3) is 22.3 Å². The van der Waals surface area contributed by atoms with E-state index in [4.69, 9.17) is 5.73 Å². The van der Waals surface area contributed by atoms with Crippen LogP contribution >= 0.6 is 0 Å². The summed E-state index contributed by atoms with van der Waals surface area (Å²) >= 11 is 0. The van der Waals surface area contributed by atoms with Crippen molar-refractivity contribution in [2.45, 2.75) is 0 Å². The molecule has 7 nitrogen and oxygen atoms in total. The number of fused-ring (bicyclic) bond motifs is 1. The highest BCUT2D eigenvalue weighted by atomic mass is 16.4. The minimum absolute atomic E-state index is 0.0983. The number of carboxylic acids is 1. The van der Waals surface area contributed by atoms with Crippen LogP contribution in [0, 0.1) is 0 Å². The van der Waals surface area contributed by atoms with Crippen molar-refractivity contribution in [3.05, 3.63) is 36.3 Å². The predicted octanol–water partition coefficient (Wildman–Crippen LogP) is 1.30. The summed E-state index contributed by atoms with van der Waals surface area (Å²) in [7, 11) is 0. The average Bonchev–Trinajstić information content (AvgIpc) is 2.86. The molecule has 1 aromatic carbocycles. The SMILES string of the molecule is Nc1cccc(C(=O)O)c1-c1ncnc2[nH]ncc12. The van der Waals surface area contributed by atoms with Gasteiger partial charge in [-0.1, -0.05) is 6.07 Å². The number of nitrogens with zero attached hydrogens (tertiary/aromatic N) is 3. The second-order valence-electron chi connectivity index (χ2n) is 3.93. The second-order valence-corrected chi connectivity index (χ2v) is 3.93. The molecule has 3 rings (SSSR count). The maximum absolute atomic E-state index is 11.3. The van der Waals surface area contributed by atoms with Crippen molar-refractivity contribution in [2.75, 3.05) is 5.73 Å².